The zero-order valence-corrected chi connectivity index (χ0v) is 15.9. The first kappa shape index (κ1) is 21.6. The van der Waals surface area contributed by atoms with Crippen LogP contribution in [0.15, 0.2) is 77.1 Å². The predicted octanol–water partition coefficient (Wildman–Crippen LogP) is 4.01. The number of carbonyl (C=O) groups excluding carboxylic acids is 2. The number of hydrogen-bond donors (Lipinski definition) is 1. The Balaban J connectivity index is 1.63. The van der Waals surface area contributed by atoms with Gasteiger partial charge in [-0.1, -0.05) is 6.07 Å². The average molecular weight is 436 g/mol. The number of nitrogens with zero attached hydrogens (tertiary/aromatic N) is 5. The highest BCUT2D eigenvalue weighted by atomic mass is 16.7. The van der Waals surface area contributed by atoms with Crippen molar-refractivity contribution in [3.05, 3.63) is 98.3 Å². The van der Waals surface area contributed by atoms with E-state index in [-0.39, 0.29) is 11.4 Å². The second kappa shape index (κ2) is 9.62. The highest BCUT2D eigenvalue weighted by Crippen LogP contribution is 2.25. The van der Waals surface area contributed by atoms with Gasteiger partial charge in [0.1, 0.15) is 11.3 Å². The maximum absolute atomic E-state index is 12.2. The van der Waals surface area contributed by atoms with Crippen LogP contribution in [0.1, 0.15) is 20.8 Å². The Morgan fingerprint density at radius 2 is 1.72 bits per heavy atom. The summed E-state index contributed by atoms with van der Waals surface area (Å²) in [6.45, 7) is 0. The molecule has 1 heterocycles. The molecule has 3 rings (SSSR count). The summed E-state index contributed by atoms with van der Waals surface area (Å²) in [5.41, 5.74) is 1.30. The van der Waals surface area contributed by atoms with Gasteiger partial charge in [0.25, 0.3) is 11.4 Å². The number of nitro groups is 2. The van der Waals surface area contributed by atoms with E-state index in [0.29, 0.717) is 11.8 Å². The second-order valence-corrected chi connectivity index (χ2v) is 5.97. The lowest BCUT2D eigenvalue weighted by molar-refractivity contribution is -0.394. The monoisotopic (exact) mass is 436 g/mol. The molecule has 0 atom stereocenters. The van der Waals surface area contributed by atoms with Gasteiger partial charge in [-0.2, -0.15) is 0 Å². The summed E-state index contributed by atoms with van der Waals surface area (Å²) in [6.07, 6.45) is 1.45. The molecule has 13 heteroatoms. The number of amides is 1. The number of azo groups is 1. The summed E-state index contributed by atoms with van der Waals surface area (Å²) in [7, 11) is 0. The van der Waals surface area contributed by atoms with Crippen LogP contribution in [0.4, 0.5) is 22.7 Å². The molecule has 0 saturated carbocycles. The topological polar surface area (TPSA) is 179 Å². The molecule has 0 aliphatic carbocycles. The molecule has 1 N–H and O–H groups in total. The maximum atomic E-state index is 12.2. The molecule has 1 aromatic heterocycles. The van der Waals surface area contributed by atoms with Gasteiger partial charge in [-0.05, 0) is 42.5 Å². The minimum absolute atomic E-state index is 0.141. The van der Waals surface area contributed by atoms with E-state index in [2.05, 4.69) is 20.7 Å². The van der Waals surface area contributed by atoms with E-state index >= 15 is 0 Å². The third-order valence-electron chi connectivity index (χ3n) is 3.88. The summed E-state index contributed by atoms with van der Waals surface area (Å²) < 4.78 is 0. The van der Waals surface area contributed by atoms with Crippen LogP contribution < -0.4 is 5.48 Å². The summed E-state index contributed by atoms with van der Waals surface area (Å²) in [6, 6.07) is 13.2. The fraction of sp³-hybridized carbons (Fsp3) is 0. The van der Waals surface area contributed by atoms with Gasteiger partial charge in [-0.25, -0.2) is 10.3 Å². The number of nitrogens with one attached hydrogen (secondary N) is 1. The Hall–Kier alpha value is -5.07. The number of anilines is 1. The van der Waals surface area contributed by atoms with Gasteiger partial charge in [-0.3, -0.25) is 30.0 Å². The fourth-order valence-electron chi connectivity index (χ4n) is 2.36. The number of aromatic nitrogens is 1. The SMILES string of the molecule is O=C(N=Nc1ccc(NOC(=O)c2ccc([N+](=O)[O-])cc2[N+](=O)[O-])cc1)c1ccccn1. The number of rotatable bonds is 7. The molecule has 0 bridgehead atoms. The molecule has 0 unspecified atom stereocenters. The maximum Gasteiger partial charge on any atom is 0.369 e. The van der Waals surface area contributed by atoms with Crippen LogP contribution in [0, 0.1) is 20.2 Å². The molecule has 160 valence electrons. The van der Waals surface area contributed by atoms with E-state index in [1.54, 1.807) is 12.1 Å². The standard InChI is InChI=1S/C19H12N6O7/c26-18(16-3-1-2-10-20-16)22-21-12-4-6-13(7-5-12)23-32-19(27)15-9-8-14(24(28)29)11-17(15)25(30)31/h1-11,23H. The minimum Gasteiger partial charge on any atom is -0.338 e. The lowest BCUT2D eigenvalue weighted by Gasteiger charge is -2.07. The van der Waals surface area contributed by atoms with Crippen molar-refractivity contribution in [1.29, 1.82) is 0 Å². The molecule has 3 aromatic rings. The van der Waals surface area contributed by atoms with Crippen molar-refractivity contribution in [3.8, 4) is 0 Å². The fourth-order valence-corrected chi connectivity index (χ4v) is 2.36. The molecule has 0 radical (unpaired) electrons. The first-order chi connectivity index (χ1) is 15.3. The van der Waals surface area contributed by atoms with Crippen molar-refractivity contribution in [2.45, 2.75) is 0 Å². The Kier molecular flexibility index (Phi) is 6.50. The molecule has 0 spiro atoms. The molecule has 0 aliphatic heterocycles. The molecule has 0 aliphatic rings. The molecule has 2 aromatic carbocycles. The zero-order valence-electron chi connectivity index (χ0n) is 15.9. The van der Waals surface area contributed by atoms with Gasteiger partial charge in [0.05, 0.1) is 27.3 Å². The van der Waals surface area contributed by atoms with Gasteiger partial charge >= 0.3 is 11.9 Å². The number of hydrogen-bond acceptors (Lipinski definition) is 10. The second-order valence-electron chi connectivity index (χ2n) is 5.97. The van der Waals surface area contributed by atoms with E-state index in [9.17, 15) is 29.8 Å². The lowest BCUT2D eigenvalue weighted by Crippen LogP contribution is -2.12. The summed E-state index contributed by atoms with van der Waals surface area (Å²) in [4.78, 5) is 52.9. The quantitative estimate of drug-likeness (QED) is 0.325. The van der Waals surface area contributed by atoms with Gasteiger partial charge in [-0.15, -0.1) is 10.2 Å². The number of non-ortho nitro benzene ring substituents is 1. The van der Waals surface area contributed by atoms with Crippen LogP contribution >= 0.6 is 0 Å². The number of nitro benzene ring substituents is 2. The lowest BCUT2D eigenvalue weighted by atomic mass is 10.1. The molecule has 0 saturated heterocycles. The third-order valence-corrected chi connectivity index (χ3v) is 3.88. The van der Waals surface area contributed by atoms with Crippen molar-refractivity contribution in [1.82, 2.24) is 4.98 Å². The summed E-state index contributed by atoms with van der Waals surface area (Å²) in [5, 5.41) is 29.2. The normalized spacial score (nSPS) is 10.5. The van der Waals surface area contributed by atoms with Crippen LogP contribution in [-0.2, 0) is 4.84 Å². The van der Waals surface area contributed by atoms with Gasteiger partial charge in [0.2, 0.25) is 0 Å². The number of carbonyl (C=O) groups is 2. The van der Waals surface area contributed by atoms with Crippen molar-refractivity contribution < 1.29 is 24.3 Å². The molecular weight excluding hydrogens is 424 g/mol. The molecule has 0 fully saturated rings. The summed E-state index contributed by atoms with van der Waals surface area (Å²) >= 11 is 0. The van der Waals surface area contributed by atoms with Crippen molar-refractivity contribution >= 4 is 34.6 Å². The van der Waals surface area contributed by atoms with Crippen LogP contribution in [0.2, 0.25) is 0 Å². The highest BCUT2D eigenvalue weighted by Gasteiger charge is 2.25. The first-order valence-electron chi connectivity index (χ1n) is 8.72. The van der Waals surface area contributed by atoms with E-state index in [0.717, 1.165) is 12.1 Å². The highest BCUT2D eigenvalue weighted by molar-refractivity contribution is 5.95. The van der Waals surface area contributed by atoms with Crippen molar-refractivity contribution in [2.24, 2.45) is 10.2 Å². The average Bonchev–Trinajstić information content (AvgIpc) is 2.81. The Labute approximate surface area is 178 Å². The van der Waals surface area contributed by atoms with E-state index in [1.807, 2.05) is 0 Å². The summed E-state index contributed by atoms with van der Waals surface area (Å²) in [5.74, 6) is -1.73. The largest absolute Gasteiger partial charge is 0.369 e. The van der Waals surface area contributed by atoms with Gasteiger partial charge in [0, 0.05) is 12.3 Å². The molecule has 13 nitrogen and oxygen atoms in total. The molecular formula is C19H12N6O7. The Morgan fingerprint density at radius 1 is 0.969 bits per heavy atom. The first-order valence-corrected chi connectivity index (χ1v) is 8.72. The van der Waals surface area contributed by atoms with Crippen molar-refractivity contribution in [2.75, 3.05) is 5.48 Å². The minimum atomic E-state index is -1.11. The molecule has 32 heavy (non-hydrogen) atoms. The van der Waals surface area contributed by atoms with Gasteiger partial charge in [0.15, 0.2) is 0 Å². The Morgan fingerprint density at radius 3 is 2.34 bits per heavy atom. The van der Waals surface area contributed by atoms with Crippen LogP contribution in [0.5, 0.6) is 0 Å². The van der Waals surface area contributed by atoms with Crippen LogP contribution in [0.25, 0.3) is 0 Å². The number of pyridine rings is 1. The third kappa shape index (κ3) is 5.29. The predicted molar refractivity (Wildman–Crippen MR) is 108 cm³/mol. The van der Waals surface area contributed by atoms with E-state index < -0.39 is 38.7 Å². The van der Waals surface area contributed by atoms with E-state index in [1.165, 1.54) is 36.5 Å². The smallest absolute Gasteiger partial charge is 0.338 e. The van der Waals surface area contributed by atoms with E-state index in [4.69, 9.17) is 4.84 Å². The zero-order chi connectivity index (χ0) is 23.1. The van der Waals surface area contributed by atoms with Gasteiger partial charge < -0.3 is 4.84 Å². The molecule has 1 amide bonds. The van der Waals surface area contributed by atoms with Crippen molar-refractivity contribution in [3.63, 3.8) is 0 Å². The van der Waals surface area contributed by atoms with Crippen LogP contribution in [-0.4, -0.2) is 26.7 Å². The number of benzene rings is 2. The Bertz CT molecular complexity index is 1210. The van der Waals surface area contributed by atoms with Crippen LogP contribution in [0.3, 0.4) is 0 Å².